The highest BCUT2D eigenvalue weighted by atomic mass is 35.5. The Morgan fingerprint density at radius 3 is 2.74 bits per heavy atom. The minimum atomic E-state index is -0.645. The highest BCUT2D eigenvalue weighted by molar-refractivity contribution is 6.17. The van der Waals surface area contributed by atoms with E-state index in [1.165, 1.54) is 13.2 Å². The van der Waals surface area contributed by atoms with Crippen molar-refractivity contribution in [3.8, 4) is 11.5 Å². The fourth-order valence-corrected chi connectivity index (χ4v) is 1.86. The van der Waals surface area contributed by atoms with Gasteiger partial charge in [0.05, 0.1) is 12.0 Å². The monoisotopic (exact) mass is 285 g/mol. The van der Waals surface area contributed by atoms with E-state index in [9.17, 15) is 15.2 Å². The molecule has 0 spiro atoms. The molecule has 1 N–H and O–H groups in total. The van der Waals surface area contributed by atoms with Crippen molar-refractivity contribution < 1.29 is 14.8 Å². The van der Waals surface area contributed by atoms with Crippen molar-refractivity contribution in [3.63, 3.8) is 0 Å². The van der Waals surface area contributed by atoms with Gasteiger partial charge in [0.15, 0.2) is 5.75 Å². The number of rotatable bonds is 7. The molecule has 1 rings (SSSR count). The molecule has 0 aliphatic heterocycles. The molecule has 0 bridgehead atoms. The number of hydrogen-bond donors (Lipinski definition) is 1. The molecule has 0 saturated heterocycles. The number of nitrogens with zero attached hydrogens (tertiary/aromatic N) is 1. The number of alkyl halides is 1. The SMILES string of the molecule is C=C(CCCCCl)c1cc(OC)c(O)c([N+](=O)[O-])c1. The van der Waals surface area contributed by atoms with Crippen LogP contribution in [0.15, 0.2) is 18.7 Å². The van der Waals surface area contributed by atoms with E-state index in [0.29, 0.717) is 17.9 Å². The third-order valence-electron chi connectivity index (χ3n) is 2.74. The standard InChI is InChI=1S/C13H16ClNO4/c1-9(5-3-4-6-14)10-7-11(15(17)18)13(16)12(8-10)19-2/h7-8,16H,1,3-6H2,2H3. The van der Waals surface area contributed by atoms with Gasteiger partial charge < -0.3 is 9.84 Å². The molecular formula is C13H16ClNO4. The summed E-state index contributed by atoms with van der Waals surface area (Å²) in [6.07, 6.45) is 2.41. The smallest absolute Gasteiger partial charge is 0.315 e. The molecule has 0 aliphatic carbocycles. The van der Waals surface area contributed by atoms with Crippen LogP contribution in [0.2, 0.25) is 0 Å². The predicted molar refractivity (Wildman–Crippen MR) is 74.9 cm³/mol. The van der Waals surface area contributed by atoms with Crippen LogP contribution in [0.4, 0.5) is 5.69 Å². The summed E-state index contributed by atoms with van der Waals surface area (Å²) in [5.74, 6) is 0.180. The number of nitro groups is 1. The van der Waals surface area contributed by atoms with Crippen molar-refractivity contribution in [1.82, 2.24) is 0 Å². The minimum absolute atomic E-state index is 0.0719. The molecule has 0 radical (unpaired) electrons. The summed E-state index contributed by atoms with van der Waals surface area (Å²) < 4.78 is 4.94. The molecule has 19 heavy (non-hydrogen) atoms. The second kappa shape index (κ2) is 6.99. The Kier molecular flexibility index (Phi) is 5.63. The largest absolute Gasteiger partial charge is 0.500 e. The molecular weight excluding hydrogens is 270 g/mol. The molecule has 0 amide bonds. The van der Waals surface area contributed by atoms with Crippen LogP contribution in [0.25, 0.3) is 5.57 Å². The van der Waals surface area contributed by atoms with E-state index in [1.54, 1.807) is 6.07 Å². The Morgan fingerprint density at radius 1 is 1.53 bits per heavy atom. The van der Waals surface area contributed by atoms with Crippen LogP contribution in [-0.2, 0) is 0 Å². The maximum atomic E-state index is 10.9. The highest BCUT2D eigenvalue weighted by Gasteiger charge is 2.20. The molecule has 0 unspecified atom stereocenters. The molecule has 104 valence electrons. The maximum absolute atomic E-state index is 10.9. The zero-order valence-electron chi connectivity index (χ0n) is 10.7. The normalized spacial score (nSPS) is 10.2. The van der Waals surface area contributed by atoms with Gasteiger partial charge in [0, 0.05) is 11.9 Å². The van der Waals surface area contributed by atoms with E-state index in [-0.39, 0.29) is 11.4 Å². The number of allylic oxidation sites excluding steroid dienone is 1. The van der Waals surface area contributed by atoms with Crippen LogP contribution >= 0.6 is 11.6 Å². The lowest BCUT2D eigenvalue weighted by atomic mass is 10.0. The van der Waals surface area contributed by atoms with Crippen LogP contribution in [0.1, 0.15) is 24.8 Å². The zero-order chi connectivity index (χ0) is 14.4. The van der Waals surface area contributed by atoms with Gasteiger partial charge >= 0.3 is 5.69 Å². The first-order chi connectivity index (χ1) is 9.01. The molecule has 1 aromatic rings. The van der Waals surface area contributed by atoms with E-state index in [0.717, 1.165) is 18.4 Å². The average molecular weight is 286 g/mol. The van der Waals surface area contributed by atoms with Crippen molar-refractivity contribution in [2.45, 2.75) is 19.3 Å². The summed E-state index contributed by atoms with van der Waals surface area (Å²) >= 11 is 5.59. The number of methoxy groups -OCH3 is 1. The fraction of sp³-hybridized carbons (Fsp3) is 0.385. The lowest BCUT2D eigenvalue weighted by molar-refractivity contribution is -0.386. The summed E-state index contributed by atoms with van der Waals surface area (Å²) in [5.41, 5.74) is 0.968. The van der Waals surface area contributed by atoms with Gasteiger partial charge in [-0.05, 0) is 36.5 Å². The molecule has 6 heteroatoms. The number of aromatic hydroxyl groups is 1. The number of unbranched alkanes of at least 4 members (excludes halogenated alkanes) is 1. The van der Waals surface area contributed by atoms with Crippen molar-refractivity contribution in [1.29, 1.82) is 0 Å². The van der Waals surface area contributed by atoms with Crippen LogP contribution in [0.5, 0.6) is 11.5 Å². The van der Waals surface area contributed by atoms with Gasteiger partial charge in [-0.1, -0.05) is 6.58 Å². The van der Waals surface area contributed by atoms with Gasteiger partial charge in [0.1, 0.15) is 0 Å². The molecule has 0 aromatic heterocycles. The van der Waals surface area contributed by atoms with Gasteiger partial charge in [-0.15, -0.1) is 11.6 Å². The number of halogens is 1. The van der Waals surface area contributed by atoms with Gasteiger partial charge in [0.25, 0.3) is 0 Å². The average Bonchev–Trinajstić information content (AvgIpc) is 2.38. The summed E-state index contributed by atoms with van der Waals surface area (Å²) in [4.78, 5) is 10.2. The fourth-order valence-electron chi connectivity index (χ4n) is 1.67. The quantitative estimate of drug-likeness (QED) is 0.358. The third kappa shape index (κ3) is 3.86. The summed E-state index contributed by atoms with van der Waals surface area (Å²) in [6, 6.07) is 2.85. The van der Waals surface area contributed by atoms with Gasteiger partial charge in [-0.25, -0.2) is 0 Å². The number of benzene rings is 1. The van der Waals surface area contributed by atoms with Crippen molar-refractivity contribution in [2.24, 2.45) is 0 Å². The third-order valence-corrected chi connectivity index (χ3v) is 3.01. The van der Waals surface area contributed by atoms with Crippen LogP contribution < -0.4 is 4.74 Å². The second-order valence-electron chi connectivity index (χ2n) is 4.05. The number of nitro benzene ring substituents is 1. The molecule has 0 fully saturated rings. The van der Waals surface area contributed by atoms with E-state index < -0.39 is 10.7 Å². The van der Waals surface area contributed by atoms with Crippen LogP contribution in [0, 0.1) is 10.1 Å². The lowest BCUT2D eigenvalue weighted by Crippen LogP contribution is -1.95. The number of phenolic OH excluding ortho intramolecular Hbond substituents is 1. The highest BCUT2D eigenvalue weighted by Crippen LogP contribution is 2.39. The topological polar surface area (TPSA) is 72.6 Å². The Bertz CT molecular complexity index is 488. The second-order valence-corrected chi connectivity index (χ2v) is 4.43. The minimum Gasteiger partial charge on any atom is -0.500 e. The summed E-state index contributed by atoms with van der Waals surface area (Å²) in [7, 11) is 1.35. The summed E-state index contributed by atoms with van der Waals surface area (Å²) in [5, 5.41) is 20.5. The van der Waals surface area contributed by atoms with Crippen molar-refractivity contribution >= 4 is 22.9 Å². The van der Waals surface area contributed by atoms with E-state index in [2.05, 4.69) is 6.58 Å². The molecule has 0 saturated carbocycles. The first-order valence-corrected chi connectivity index (χ1v) is 6.34. The molecule has 0 heterocycles. The molecule has 0 atom stereocenters. The van der Waals surface area contributed by atoms with E-state index in [4.69, 9.17) is 16.3 Å². The lowest BCUT2D eigenvalue weighted by Gasteiger charge is -2.09. The Labute approximate surface area is 116 Å². The van der Waals surface area contributed by atoms with E-state index >= 15 is 0 Å². The van der Waals surface area contributed by atoms with Gasteiger partial charge in [-0.2, -0.15) is 0 Å². The maximum Gasteiger partial charge on any atom is 0.315 e. The number of phenols is 1. The number of hydrogen-bond acceptors (Lipinski definition) is 4. The first-order valence-electron chi connectivity index (χ1n) is 5.80. The Hall–Kier alpha value is -1.75. The zero-order valence-corrected chi connectivity index (χ0v) is 11.4. The number of ether oxygens (including phenoxy) is 1. The summed E-state index contributed by atoms with van der Waals surface area (Å²) in [6.45, 7) is 3.90. The van der Waals surface area contributed by atoms with Crippen LogP contribution in [0.3, 0.4) is 0 Å². The van der Waals surface area contributed by atoms with E-state index in [1.807, 2.05) is 0 Å². The molecule has 1 aromatic carbocycles. The van der Waals surface area contributed by atoms with Crippen LogP contribution in [-0.4, -0.2) is 23.0 Å². The predicted octanol–water partition coefficient (Wildman–Crippen LogP) is 3.73. The molecule has 0 aliphatic rings. The first kappa shape index (κ1) is 15.3. The molecule has 5 nitrogen and oxygen atoms in total. The van der Waals surface area contributed by atoms with Gasteiger partial charge in [-0.3, -0.25) is 10.1 Å². The van der Waals surface area contributed by atoms with Gasteiger partial charge in [0.2, 0.25) is 5.75 Å². The Balaban J connectivity index is 3.04. The van der Waals surface area contributed by atoms with Crippen molar-refractivity contribution in [3.05, 3.63) is 34.4 Å². The van der Waals surface area contributed by atoms with Crippen molar-refractivity contribution in [2.75, 3.05) is 13.0 Å². The Morgan fingerprint density at radius 2 is 2.21 bits per heavy atom.